The Labute approximate surface area is 189 Å². The van der Waals surface area contributed by atoms with Crippen molar-refractivity contribution in [1.82, 2.24) is 10.2 Å². The molecule has 2 aromatic rings. The first-order valence-electron chi connectivity index (χ1n) is 10.9. The van der Waals surface area contributed by atoms with E-state index in [1.165, 1.54) is 0 Å². The number of nitrogens with one attached hydrogen (secondary N) is 1. The first kappa shape index (κ1) is 23.4. The number of nitrogens with zero attached hydrogens (tertiary/aromatic N) is 1. The second kappa shape index (κ2) is 10.9. The Kier molecular flexibility index (Phi) is 7.98. The summed E-state index contributed by atoms with van der Waals surface area (Å²) in [5, 5.41) is 3.11. The molecule has 0 aliphatic carbocycles. The highest BCUT2D eigenvalue weighted by Crippen LogP contribution is 2.38. The third-order valence-corrected chi connectivity index (χ3v) is 5.92. The van der Waals surface area contributed by atoms with Crippen molar-refractivity contribution in [2.24, 2.45) is 0 Å². The number of benzene rings is 2. The molecular weight excluding hydrogens is 408 g/mol. The van der Waals surface area contributed by atoms with E-state index in [0.717, 1.165) is 24.0 Å². The van der Waals surface area contributed by atoms with E-state index in [2.05, 4.69) is 5.32 Å². The van der Waals surface area contributed by atoms with Crippen LogP contribution in [0.4, 0.5) is 0 Å². The fraction of sp³-hybridized carbons (Fsp3) is 0.440. The lowest BCUT2D eigenvalue weighted by atomic mass is 10.0. The molecule has 32 heavy (non-hydrogen) atoms. The molecule has 7 nitrogen and oxygen atoms in total. The molecule has 1 fully saturated rings. The van der Waals surface area contributed by atoms with E-state index in [-0.39, 0.29) is 17.9 Å². The Hall–Kier alpha value is -3.22. The van der Waals surface area contributed by atoms with Crippen molar-refractivity contribution in [2.45, 2.75) is 38.6 Å². The third kappa shape index (κ3) is 5.52. The minimum absolute atomic E-state index is 0.0460. The molecule has 1 aliphatic rings. The summed E-state index contributed by atoms with van der Waals surface area (Å²) < 4.78 is 16.1. The summed E-state index contributed by atoms with van der Waals surface area (Å²) in [6.45, 7) is 3.23. The van der Waals surface area contributed by atoms with Crippen LogP contribution in [0.1, 0.15) is 40.7 Å². The maximum absolute atomic E-state index is 12.7. The Morgan fingerprint density at radius 1 is 1.00 bits per heavy atom. The quantitative estimate of drug-likeness (QED) is 0.681. The SMILES string of the molecule is COc1cc(CCC(=O)N2CCC(NC(=O)c3ccccc3C)CC2)cc(OC)c1OC. The molecule has 0 aromatic heterocycles. The number of carbonyl (C=O) groups excluding carboxylic acids is 2. The lowest BCUT2D eigenvalue weighted by Crippen LogP contribution is -2.46. The number of likely N-dealkylation sites (tertiary alicyclic amines) is 1. The molecule has 7 heteroatoms. The molecule has 1 aliphatic heterocycles. The van der Waals surface area contributed by atoms with Crippen molar-refractivity contribution in [3.63, 3.8) is 0 Å². The summed E-state index contributed by atoms with van der Waals surface area (Å²) >= 11 is 0. The number of ether oxygens (including phenoxy) is 3. The molecule has 1 heterocycles. The van der Waals surface area contributed by atoms with E-state index in [1.54, 1.807) is 21.3 Å². The van der Waals surface area contributed by atoms with Gasteiger partial charge in [0.25, 0.3) is 5.91 Å². The average molecular weight is 441 g/mol. The van der Waals surface area contributed by atoms with Gasteiger partial charge in [0, 0.05) is 31.1 Å². The van der Waals surface area contributed by atoms with Gasteiger partial charge in [-0.25, -0.2) is 0 Å². The molecule has 1 saturated heterocycles. The summed E-state index contributed by atoms with van der Waals surface area (Å²) in [4.78, 5) is 27.2. The summed E-state index contributed by atoms with van der Waals surface area (Å²) in [5.74, 6) is 1.77. The van der Waals surface area contributed by atoms with Crippen molar-refractivity contribution in [3.05, 3.63) is 53.1 Å². The number of carbonyl (C=O) groups is 2. The van der Waals surface area contributed by atoms with Crippen LogP contribution in [0.2, 0.25) is 0 Å². The number of hydrogen-bond acceptors (Lipinski definition) is 5. The second-order valence-electron chi connectivity index (χ2n) is 7.98. The molecule has 2 amide bonds. The number of aryl methyl sites for hydroxylation is 2. The van der Waals surface area contributed by atoms with Crippen molar-refractivity contribution >= 4 is 11.8 Å². The maximum atomic E-state index is 12.7. The van der Waals surface area contributed by atoms with E-state index < -0.39 is 0 Å². The van der Waals surface area contributed by atoms with Crippen LogP contribution in [0, 0.1) is 6.92 Å². The molecule has 0 unspecified atom stereocenters. The monoisotopic (exact) mass is 440 g/mol. The van der Waals surface area contributed by atoms with Gasteiger partial charge in [0.1, 0.15) is 0 Å². The smallest absolute Gasteiger partial charge is 0.251 e. The highest BCUT2D eigenvalue weighted by atomic mass is 16.5. The lowest BCUT2D eigenvalue weighted by molar-refractivity contribution is -0.132. The Morgan fingerprint density at radius 2 is 1.62 bits per heavy atom. The van der Waals surface area contributed by atoms with Crippen LogP contribution in [0.5, 0.6) is 17.2 Å². The maximum Gasteiger partial charge on any atom is 0.251 e. The molecule has 172 valence electrons. The van der Waals surface area contributed by atoms with Crippen LogP contribution in [-0.4, -0.2) is 57.2 Å². The predicted octanol–water partition coefficient (Wildman–Crippen LogP) is 3.37. The first-order valence-corrected chi connectivity index (χ1v) is 10.9. The fourth-order valence-electron chi connectivity index (χ4n) is 4.05. The van der Waals surface area contributed by atoms with Gasteiger partial charge in [-0.05, 0) is 55.5 Å². The summed E-state index contributed by atoms with van der Waals surface area (Å²) in [7, 11) is 4.72. The molecule has 3 rings (SSSR count). The zero-order valence-corrected chi connectivity index (χ0v) is 19.3. The third-order valence-electron chi connectivity index (χ3n) is 5.92. The summed E-state index contributed by atoms with van der Waals surface area (Å²) in [6.07, 6.45) is 2.50. The van der Waals surface area contributed by atoms with Gasteiger partial charge in [0.05, 0.1) is 21.3 Å². The standard InChI is InChI=1S/C25H32N2O5/c1-17-7-5-6-8-20(17)25(29)26-19-11-13-27(14-12-19)23(28)10-9-18-15-21(30-2)24(32-4)22(16-18)31-3/h5-8,15-16,19H,9-14H2,1-4H3,(H,26,29). The lowest BCUT2D eigenvalue weighted by Gasteiger charge is -2.32. The summed E-state index contributed by atoms with van der Waals surface area (Å²) in [6, 6.07) is 11.4. The minimum atomic E-state index is -0.0460. The van der Waals surface area contributed by atoms with Gasteiger partial charge < -0.3 is 24.4 Å². The normalized spacial score (nSPS) is 14.1. The predicted molar refractivity (Wildman–Crippen MR) is 123 cm³/mol. The molecule has 0 saturated carbocycles. The molecule has 0 spiro atoms. The Balaban J connectivity index is 1.51. The molecule has 1 N–H and O–H groups in total. The van der Waals surface area contributed by atoms with Crippen LogP contribution >= 0.6 is 0 Å². The Bertz CT molecular complexity index is 926. The molecular formula is C25H32N2O5. The number of piperidine rings is 1. The zero-order valence-electron chi connectivity index (χ0n) is 19.3. The second-order valence-corrected chi connectivity index (χ2v) is 7.98. The highest BCUT2D eigenvalue weighted by molar-refractivity contribution is 5.95. The van der Waals surface area contributed by atoms with Crippen LogP contribution < -0.4 is 19.5 Å². The van der Waals surface area contributed by atoms with E-state index in [0.29, 0.717) is 48.7 Å². The Morgan fingerprint density at radius 3 is 2.19 bits per heavy atom. The van der Waals surface area contributed by atoms with Gasteiger partial charge in [-0.3, -0.25) is 9.59 Å². The van der Waals surface area contributed by atoms with Gasteiger partial charge in [-0.1, -0.05) is 18.2 Å². The number of hydrogen-bond donors (Lipinski definition) is 1. The number of amides is 2. The van der Waals surface area contributed by atoms with E-state index >= 15 is 0 Å². The van der Waals surface area contributed by atoms with Gasteiger partial charge in [0.15, 0.2) is 11.5 Å². The molecule has 2 aromatic carbocycles. The van der Waals surface area contributed by atoms with Gasteiger partial charge >= 0.3 is 0 Å². The largest absolute Gasteiger partial charge is 0.493 e. The topological polar surface area (TPSA) is 77.1 Å². The van der Waals surface area contributed by atoms with Crippen LogP contribution in [0.3, 0.4) is 0 Å². The van der Waals surface area contributed by atoms with E-state index in [4.69, 9.17) is 14.2 Å². The van der Waals surface area contributed by atoms with Crippen molar-refractivity contribution in [1.29, 1.82) is 0 Å². The number of methoxy groups -OCH3 is 3. The highest BCUT2D eigenvalue weighted by Gasteiger charge is 2.24. The van der Waals surface area contributed by atoms with Gasteiger partial charge in [-0.2, -0.15) is 0 Å². The van der Waals surface area contributed by atoms with E-state index in [1.807, 2.05) is 48.2 Å². The molecule has 0 bridgehead atoms. The molecule has 0 radical (unpaired) electrons. The van der Waals surface area contributed by atoms with Gasteiger partial charge in [-0.15, -0.1) is 0 Å². The van der Waals surface area contributed by atoms with Crippen LogP contribution in [0.25, 0.3) is 0 Å². The van der Waals surface area contributed by atoms with Crippen LogP contribution in [-0.2, 0) is 11.2 Å². The minimum Gasteiger partial charge on any atom is -0.493 e. The zero-order chi connectivity index (χ0) is 23.1. The first-order chi connectivity index (χ1) is 15.5. The number of rotatable bonds is 8. The summed E-state index contributed by atoms with van der Waals surface area (Å²) in [5.41, 5.74) is 2.62. The van der Waals surface area contributed by atoms with Gasteiger partial charge in [0.2, 0.25) is 11.7 Å². The van der Waals surface area contributed by atoms with Crippen molar-refractivity contribution < 1.29 is 23.8 Å². The molecule has 0 atom stereocenters. The van der Waals surface area contributed by atoms with Crippen LogP contribution in [0.15, 0.2) is 36.4 Å². The van der Waals surface area contributed by atoms with Crippen molar-refractivity contribution in [2.75, 3.05) is 34.4 Å². The fourth-order valence-corrected chi connectivity index (χ4v) is 4.05. The average Bonchev–Trinajstić information content (AvgIpc) is 2.82. The van der Waals surface area contributed by atoms with E-state index in [9.17, 15) is 9.59 Å². The van der Waals surface area contributed by atoms with Crippen molar-refractivity contribution in [3.8, 4) is 17.2 Å².